The molecule has 2 aliphatic carbocycles. The molecule has 2 saturated carbocycles. The van der Waals surface area contributed by atoms with Gasteiger partial charge in [-0.2, -0.15) is 5.26 Å². The highest BCUT2D eigenvalue weighted by Gasteiger charge is 2.48. The van der Waals surface area contributed by atoms with Gasteiger partial charge in [0.2, 0.25) is 5.91 Å². The second-order valence-corrected chi connectivity index (χ2v) is 9.01. The van der Waals surface area contributed by atoms with Crippen LogP contribution in [-0.2, 0) is 4.79 Å². The fourth-order valence-electron chi connectivity index (χ4n) is 5.05. The van der Waals surface area contributed by atoms with Crippen molar-refractivity contribution in [3.8, 4) is 6.07 Å². The van der Waals surface area contributed by atoms with Gasteiger partial charge < -0.3 is 10.2 Å². The molecule has 1 amide bonds. The summed E-state index contributed by atoms with van der Waals surface area (Å²) in [6.07, 6.45) is 6.19. The minimum atomic E-state index is -0.209. The number of anilines is 1. The van der Waals surface area contributed by atoms with Crippen LogP contribution in [0.3, 0.4) is 0 Å². The molecule has 5 nitrogen and oxygen atoms in total. The molecule has 138 valence electrons. The van der Waals surface area contributed by atoms with Crippen LogP contribution in [0.25, 0.3) is 0 Å². The molecule has 5 atom stereocenters. The van der Waals surface area contributed by atoms with E-state index in [4.69, 9.17) is 5.26 Å². The molecule has 2 heterocycles. The van der Waals surface area contributed by atoms with Crippen LogP contribution in [0.2, 0.25) is 0 Å². The highest BCUT2D eigenvalue weighted by atomic mass is 16.2. The fraction of sp³-hybridized carbons (Fsp3) is 0.667. The maximum Gasteiger partial charge on any atom is 0.223 e. The van der Waals surface area contributed by atoms with Crippen molar-refractivity contribution in [3.05, 3.63) is 23.4 Å². The minimum absolute atomic E-state index is 0.180. The number of hydrogen-bond donors (Lipinski definition) is 1. The zero-order valence-corrected chi connectivity index (χ0v) is 16.0. The molecular weight excluding hydrogens is 324 g/mol. The van der Waals surface area contributed by atoms with Gasteiger partial charge in [0.05, 0.1) is 11.1 Å². The minimum Gasteiger partial charge on any atom is -0.354 e. The molecule has 1 N–H and O–H groups in total. The monoisotopic (exact) mass is 352 g/mol. The zero-order valence-electron chi connectivity index (χ0n) is 16.0. The lowest BCUT2D eigenvalue weighted by Crippen LogP contribution is -2.51. The molecule has 5 unspecified atom stereocenters. The summed E-state index contributed by atoms with van der Waals surface area (Å²) < 4.78 is 0. The van der Waals surface area contributed by atoms with E-state index in [9.17, 15) is 4.79 Å². The number of aromatic nitrogens is 1. The van der Waals surface area contributed by atoms with Gasteiger partial charge in [-0.25, -0.2) is 4.98 Å². The Morgan fingerprint density at radius 1 is 1.38 bits per heavy atom. The summed E-state index contributed by atoms with van der Waals surface area (Å²) in [5, 5.41) is 12.4. The van der Waals surface area contributed by atoms with Crippen molar-refractivity contribution in [2.75, 3.05) is 18.0 Å². The Kier molecular flexibility index (Phi) is 4.17. The van der Waals surface area contributed by atoms with Crippen LogP contribution in [0, 0.1) is 41.9 Å². The summed E-state index contributed by atoms with van der Waals surface area (Å²) >= 11 is 0. The van der Waals surface area contributed by atoms with Gasteiger partial charge in [-0.15, -0.1) is 0 Å². The van der Waals surface area contributed by atoms with Crippen molar-refractivity contribution in [2.45, 2.75) is 52.0 Å². The smallest absolute Gasteiger partial charge is 0.223 e. The largest absolute Gasteiger partial charge is 0.354 e. The lowest BCUT2D eigenvalue weighted by Gasteiger charge is -2.33. The number of nitrogens with one attached hydrogen (secondary N) is 1. The molecule has 1 aromatic rings. The van der Waals surface area contributed by atoms with Gasteiger partial charge >= 0.3 is 0 Å². The van der Waals surface area contributed by atoms with E-state index >= 15 is 0 Å². The normalized spacial score (nSPS) is 35.5. The van der Waals surface area contributed by atoms with E-state index in [1.165, 1.54) is 12.8 Å². The number of pyridine rings is 1. The van der Waals surface area contributed by atoms with Crippen LogP contribution in [0.4, 0.5) is 5.82 Å². The molecule has 1 saturated heterocycles. The summed E-state index contributed by atoms with van der Waals surface area (Å²) in [6, 6.07) is 4.02. The Hall–Kier alpha value is -2.09. The third-order valence-electron chi connectivity index (χ3n) is 6.70. The van der Waals surface area contributed by atoms with Gasteiger partial charge in [0.15, 0.2) is 0 Å². The maximum absolute atomic E-state index is 12.9. The third-order valence-corrected chi connectivity index (χ3v) is 6.70. The van der Waals surface area contributed by atoms with Crippen molar-refractivity contribution in [1.29, 1.82) is 5.26 Å². The van der Waals surface area contributed by atoms with Crippen molar-refractivity contribution >= 4 is 11.7 Å². The first kappa shape index (κ1) is 17.3. The van der Waals surface area contributed by atoms with E-state index in [2.05, 4.69) is 35.1 Å². The number of aryl methyl sites for hydroxylation is 1. The van der Waals surface area contributed by atoms with E-state index in [-0.39, 0.29) is 17.4 Å². The van der Waals surface area contributed by atoms with Crippen molar-refractivity contribution in [2.24, 2.45) is 23.7 Å². The Balaban J connectivity index is 1.42. The summed E-state index contributed by atoms with van der Waals surface area (Å²) in [6.45, 7) is 8.03. The molecule has 0 bridgehead atoms. The quantitative estimate of drug-likeness (QED) is 0.908. The molecule has 1 aromatic heterocycles. The summed E-state index contributed by atoms with van der Waals surface area (Å²) in [5.41, 5.74) is 1.39. The predicted octanol–water partition coefficient (Wildman–Crippen LogP) is 3.03. The first-order valence-corrected chi connectivity index (χ1v) is 9.82. The van der Waals surface area contributed by atoms with Crippen molar-refractivity contribution in [1.82, 2.24) is 10.3 Å². The number of carbonyl (C=O) groups excluding carboxylic acids is 1. The number of rotatable bonds is 3. The molecule has 0 radical (unpaired) electrons. The van der Waals surface area contributed by atoms with E-state index in [1.54, 1.807) is 6.20 Å². The van der Waals surface area contributed by atoms with Crippen molar-refractivity contribution < 1.29 is 4.79 Å². The molecule has 1 aliphatic heterocycles. The van der Waals surface area contributed by atoms with Gasteiger partial charge in [0.25, 0.3) is 0 Å². The lowest BCUT2D eigenvalue weighted by molar-refractivity contribution is -0.129. The number of hydrogen-bond acceptors (Lipinski definition) is 4. The second-order valence-electron chi connectivity index (χ2n) is 9.01. The number of carbonyl (C=O) groups is 1. The zero-order chi connectivity index (χ0) is 18.5. The number of nitriles is 1. The topological polar surface area (TPSA) is 69.0 Å². The molecular formula is C21H28N4O. The SMILES string of the molecule is Cc1cc(C#N)cnc1N1CCC(C)(NC(=O)C2CC3CC3CC2C)C1. The fourth-order valence-corrected chi connectivity index (χ4v) is 5.05. The van der Waals surface area contributed by atoms with Crippen LogP contribution >= 0.6 is 0 Å². The van der Waals surface area contributed by atoms with Crippen LogP contribution in [0.15, 0.2) is 12.3 Å². The van der Waals surface area contributed by atoms with Gasteiger partial charge in [0.1, 0.15) is 11.9 Å². The third kappa shape index (κ3) is 3.18. The van der Waals surface area contributed by atoms with Gasteiger partial charge in [-0.1, -0.05) is 6.92 Å². The maximum atomic E-state index is 12.9. The molecule has 4 rings (SSSR count). The highest BCUT2D eigenvalue weighted by molar-refractivity contribution is 5.80. The molecule has 26 heavy (non-hydrogen) atoms. The van der Waals surface area contributed by atoms with Crippen LogP contribution in [0.5, 0.6) is 0 Å². The van der Waals surface area contributed by atoms with Crippen molar-refractivity contribution in [3.63, 3.8) is 0 Å². The Morgan fingerprint density at radius 2 is 2.15 bits per heavy atom. The Morgan fingerprint density at radius 3 is 2.88 bits per heavy atom. The van der Waals surface area contributed by atoms with E-state index in [0.717, 1.165) is 49.1 Å². The van der Waals surface area contributed by atoms with Crippen LogP contribution < -0.4 is 10.2 Å². The average Bonchev–Trinajstić information content (AvgIpc) is 3.25. The van der Waals surface area contributed by atoms with E-state index in [0.29, 0.717) is 11.5 Å². The van der Waals surface area contributed by atoms with Gasteiger partial charge in [-0.05, 0) is 68.9 Å². The molecule has 5 heteroatoms. The Labute approximate surface area is 155 Å². The van der Waals surface area contributed by atoms with E-state index < -0.39 is 0 Å². The summed E-state index contributed by atoms with van der Waals surface area (Å²) in [5.74, 6) is 3.56. The molecule has 0 aromatic carbocycles. The van der Waals surface area contributed by atoms with Gasteiger partial charge in [-0.3, -0.25) is 4.79 Å². The predicted molar refractivity (Wildman–Crippen MR) is 101 cm³/mol. The molecule has 3 aliphatic rings. The average molecular weight is 352 g/mol. The number of nitrogens with zero attached hydrogens (tertiary/aromatic N) is 3. The van der Waals surface area contributed by atoms with Crippen LogP contribution in [-0.4, -0.2) is 29.5 Å². The lowest BCUT2D eigenvalue weighted by atomic mass is 9.79. The summed E-state index contributed by atoms with van der Waals surface area (Å²) in [7, 11) is 0. The standard InChI is InChI=1S/C21H28N4O/c1-13-7-16-8-17(16)9-18(13)20(26)24-21(3)4-5-25(12-21)19-14(2)6-15(10-22)11-23-19/h6,11,13,16-18H,4-5,7-9,12H2,1-3H3,(H,24,26). The number of fused-ring (bicyclic) bond motifs is 1. The number of amides is 1. The van der Waals surface area contributed by atoms with E-state index in [1.807, 2.05) is 13.0 Å². The highest BCUT2D eigenvalue weighted by Crippen LogP contribution is 2.53. The van der Waals surface area contributed by atoms with Crippen LogP contribution in [0.1, 0.15) is 50.7 Å². The molecule has 3 fully saturated rings. The Bertz CT molecular complexity index is 770. The molecule has 0 spiro atoms. The first-order valence-electron chi connectivity index (χ1n) is 9.82. The summed E-state index contributed by atoms with van der Waals surface area (Å²) in [4.78, 5) is 19.7. The second kappa shape index (κ2) is 6.26. The first-order chi connectivity index (χ1) is 12.4. The van der Waals surface area contributed by atoms with Gasteiger partial charge in [0, 0.05) is 25.2 Å².